The topological polar surface area (TPSA) is 72.2 Å². The first-order valence-corrected chi connectivity index (χ1v) is 7.79. The van der Waals surface area contributed by atoms with Crippen molar-refractivity contribution in [1.29, 1.82) is 0 Å². The summed E-state index contributed by atoms with van der Waals surface area (Å²) in [5.41, 5.74) is 0. The van der Waals surface area contributed by atoms with Gasteiger partial charge in [-0.05, 0) is 23.6 Å². The maximum Gasteiger partial charge on any atom is 0.290 e. The number of hydrogen-bond donors (Lipinski definition) is 1. The third kappa shape index (κ3) is 3.09. The first-order valence-electron chi connectivity index (χ1n) is 6.10. The normalized spacial score (nSPS) is 10.5. The maximum atomic E-state index is 12.2. The minimum absolute atomic E-state index is 0.0165. The van der Waals surface area contributed by atoms with Crippen molar-refractivity contribution in [2.24, 2.45) is 0 Å². The molecule has 0 bridgehead atoms. The highest BCUT2D eigenvalue weighted by Crippen LogP contribution is 2.22. The quantitative estimate of drug-likeness (QED) is 0.734. The number of aromatic nitrogens is 1. The Morgan fingerprint density at radius 2 is 2.10 bits per heavy atom. The number of ketones is 1. The molecule has 0 aromatic carbocycles. The fourth-order valence-electron chi connectivity index (χ4n) is 1.71. The molecule has 106 valence electrons. The van der Waals surface area contributed by atoms with E-state index < -0.39 is 0 Å². The minimum atomic E-state index is -0.327. The number of rotatable bonds is 5. The van der Waals surface area contributed by atoms with E-state index in [9.17, 15) is 9.59 Å². The van der Waals surface area contributed by atoms with Crippen molar-refractivity contribution in [2.75, 3.05) is 0 Å². The van der Waals surface area contributed by atoms with Gasteiger partial charge in [0.1, 0.15) is 0 Å². The Hall–Kier alpha value is -2.25. The van der Waals surface area contributed by atoms with Crippen LogP contribution < -0.4 is 5.32 Å². The van der Waals surface area contributed by atoms with E-state index in [1.54, 1.807) is 12.1 Å². The summed E-state index contributed by atoms with van der Waals surface area (Å²) in [6.07, 6.45) is 1.41. The van der Waals surface area contributed by atoms with Gasteiger partial charge < -0.3 is 9.84 Å². The smallest absolute Gasteiger partial charge is 0.290 e. The van der Waals surface area contributed by atoms with Gasteiger partial charge in [-0.3, -0.25) is 9.59 Å². The molecule has 0 aliphatic heterocycles. The van der Waals surface area contributed by atoms with Crippen LogP contribution in [-0.2, 0) is 6.54 Å². The second kappa shape index (κ2) is 6.02. The van der Waals surface area contributed by atoms with Crippen molar-refractivity contribution >= 4 is 34.4 Å². The van der Waals surface area contributed by atoms with Gasteiger partial charge in [0, 0.05) is 10.9 Å². The van der Waals surface area contributed by atoms with E-state index in [0.29, 0.717) is 16.3 Å². The van der Waals surface area contributed by atoms with E-state index in [4.69, 9.17) is 4.52 Å². The van der Waals surface area contributed by atoms with Crippen LogP contribution in [0.2, 0.25) is 0 Å². The van der Waals surface area contributed by atoms with Gasteiger partial charge in [0.05, 0.1) is 22.5 Å². The highest BCUT2D eigenvalue weighted by atomic mass is 32.1. The van der Waals surface area contributed by atoms with Gasteiger partial charge in [-0.25, -0.2) is 0 Å². The third-order valence-corrected chi connectivity index (χ3v) is 4.67. The number of carbonyl (C=O) groups is 2. The van der Waals surface area contributed by atoms with Gasteiger partial charge in [-0.15, -0.1) is 22.7 Å². The summed E-state index contributed by atoms with van der Waals surface area (Å²) < 4.78 is 4.76. The predicted molar refractivity (Wildman–Crippen MR) is 79.7 cm³/mol. The number of amides is 1. The molecule has 0 spiro atoms. The molecule has 3 rings (SSSR count). The van der Waals surface area contributed by atoms with E-state index in [2.05, 4.69) is 10.5 Å². The van der Waals surface area contributed by atoms with Crippen LogP contribution in [0.4, 0.5) is 0 Å². The first-order chi connectivity index (χ1) is 10.2. The van der Waals surface area contributed by atoms with Crippen LogP contribution in [0.3, 0.4) is 0 Å². The third-order valence-electron chi connectivity index (χ3n) is 2.72. The number of thiophene rings is 2. The molecule has 1 amide bonds. The maximum absolute atomic E-state index is 12.2. The van der Waals surface area contributed by atoms with E-state index in [0.717, 1.165) is 4.88 Å². The highest BCUT2D eigenvalue weighted by Gasteiger charge is 2.14. The van der Waals surface area contributed by atoms with E-state index in [-0.39, 0.29) is 17.5 Å². The van der Waals surface area contributed by atoms with Crippen molar-refractivity contribution < 1.29 is 14.1 Å². The fraction of sp³-hybridized carbons (Fsp3) is 0.0714. The fourth-order valence-corrected chi connectivity index (χ4v) is 3.36. The zero-order chi connectivity index (χ0) is 14.7. The molecule has 7 heteroatoms. The van der Waals surface area contributed by atoms with Crippen LogP contribution in [0.15, 0.2) is 46.4 Å². The van der Waals surface area contributed by atoms with Gasteiger partial charge in [0.25, 0.3) is 5.91 Å². The monoisotopic (exact) mass is 318 g/mol. The Morgan fingerprint density at radius 3 is 2.81 bits per heavy atom. The lowest BCUT2D eigenvalue weighted by Gasteiger charge is -1.99. The Morgan fingerprint density at radius 1 is 1.19 bits per heavy atom. The van der Waals surface area contributed by atoms with Gasteiger partial charge in [0.15, 0.2) is 0 Å². The molecule has 3 aromatic heterocycles. The van der Waals surface area contributed by atoms with Crippen LogP contribution in [0.1, 0.15) is 30.0 Å². The SMILES string of the molecule is O=C(NCc1ccc(C(=O)c2cccs2)s1)c1ccno1. The molecule has 0 unspecified atom stereocenters. The molecular formula is C14H10N2O3S2. The minimum Gasteiger partial charge on any atom is -0.351 e. The standard InChI is InChI=1S/C14H10N2O3S2/c17-13(11-2-1-7-20-11)12-4-3-9(21-12)8-15-14(18)10-5-6-16-19-10/h1-7H,8H2,(H,15,18). The molecule has 0 radical (unpaired) electrons. The molecule has 0 saturated heterocycles. The number of carbonyl (C=O) groups excluding carboxylic acids is 2. The second-order valence-corrected chi connectivity index (χ2v) is 6.25. The predicted octanol–water partition coefficient (Wildman–Crippen LogP) is 2.96. The first kappa shape index (κ1) is 13.7. The van der Waals surface area contributed by atoms with Crippen molar-refractivity contribution in [3.8, 4) is 0 Å². The highest BCUT2D eigenvalue weighted by molar-refractivity contribution is 7.16. The summed E-state index contributed by atoms with van der Waals surface area (Å²) in [6, 6.07) is 8.77. The van der Waals surface area contributed by atoms with Gasteiger partial charge >= 0.3 is 0 Å². The molecule has 5 nitrogen and oxygen atoms in total. The second-order valence-electron chi connectivity index (χ2n) is 4.13. The van der Waals surface area contributed by atoms with Crippen molar-refractivity contribution in [3.63, 3.8) is 0 Å². The summed E-state index contributed by atoms with van der Waals surface area (Å²) in [6.45, 7) is 0.349. The van der Waals surface area contributed by atoms with Gasteiger partial charge in [0.2, 0.25) is 11.5 Å². The van der Waals surface area contributed by atoms with E-state index in [1.807, 2.05) is 17.5 Å². The van der Waals surface area contributed by atoms with Crippen LogP contribution in [0.5, 0.6) is 0 Å². The lowest BCUT2D eigenvalue weighted by atomic mass is 10.3. The largest absolute Gasteiger partial charge is 0.351 e. The Bertz CT molecular complexity index is 745. The Kier molecular flexibility index (Phi) is 3.94. The lowest BCUT2D eigenvalue weighted by Crippen LogP contribution is -2.21. The lowest BCUT2D eigenvalue weighted by molar-refractivity contribution is 0.0914. The van der Waals surface area contributed by atoms with E-state index in [1.165, 1.54) is 34.9 Å². The number of hydrogen-bond acceptors (Lipinski definition) is 6. The summed E-state index contributed by atoms with van der Waals surface area (Å²) in [5.74, 6) is -0.142. The zero-order valence-corrected chi connectivity index (χ0v) is 12.4. The number of nitrogens with zero attached hydrogens (tertiary/aromatic N) is 1. The van der Waals surface area contributed by atoms with Crippen molar-refractivity contribution in [3.05, 3.63) is 62.3 Å². The molecule has 3 aromatic rings. The molecule has 0 atom stereocenters. The molecule has 0 saturated carbocycles. The zero-order valence-electron chi connectivity index (χ0n) is 10.7. The van der Waals surface area contributed by atoms with Crippen LogP contribution >= 0.6 is 22.7 Å². The summed E-state index contributed by atoms with van der Waals surface area (Å²) in [7, 11) is 0. The van der Waals surface area contributed by atoms with Gasteiger partial charge in [-0.1, -0.05) is 11.2 Å². The molecular weight excluding hydrogens is 308 g/mol. The molecule has 0 aliphatic carbocycles. The molecule has 3 heterocycles. The van der Waals surface area contributed by atoms with Gasteiger partial charge in [-0.2, -0.15) is 0 Å². The number of nitrogens with one attached hydrogen (secondary N) is 1. The molecule has 0 fully saturated rings. The van der Waals surface area contributed by atoms with E-state index >= 15 is 0 Å². The average Bonchev–Trinajstić information content (AvgIpc) is 3.26. The Labute approximate surface area is 128 Å². The summed E-state index contributed by atoms with van der Waals surface area (Å²) in [4.78, 5) is 26.1. The van der Waals surface area contributed by atoms with Crippen LogP contribution in [0.25, 0.3) is 0 Å². The summed E-state index contributed by atoms with van der Waals surface area (Å²) >= 11 is 2.79. The molecule has 0 aliphatic rings. The Balaban J connectivity index is 1.63. The average molecular weight is 318 g/mol. The molecule has 1 N–H and O–H groups in total. The van der Waals surface area contributed by atoms with Crippen molar-refractivity contribution in [2.45, 2.75) is 6.54 Å². The summed E-state index contributed by atoms with van der Waals surface area (Å²) in [5, 5.41) is 8.07. The molecule has 21 heavy (non-hydrogen) atoms. The van der Waals surface area contributed by atoms with Crippen molar-refractivity contribution in [1.82, 2.24) is 10.5 Å². The van der Waals surface area contributed by atoms with Crippen LogP contribution in [-0.4, -0.2) is 16.8 Å². The van der Waals surface area contributed by atoms with Crippen LogP contribution in [0, 0.1) is 0 Å².